The molecule has 0 radical (unpaired) electrons. The highest BCUT2D eigenvalue weighted by Crippen LogP contribution is 2.36. The molecule has 1 saturated carbocycles. The van der Waals surface area contributed by atoms with E-state index in [2.05, 4.69) is 51.2 Å². The minimum atomic E-state index is 0.221. The molecule has 0 aromatic heterocycles. The van der Waals surface area contributed by atoms with Crippen molar-refractivity contribution in [3.63, 3.8) is 0 Å². The lowest BCUT2D eigenvalue weighted by atomic mass is 10.0. The van der Waals surface area contributed by atoms with Crippen LogP contribution in [0, 0.1) is 5.92 Å². The van der Waals surface area contributed by atoms with Crippen LogP contribution in [0.15, 0.2) is 24.3 Å². The van der Waals surface area contributed by atoms with Gasteiger partial charge < -0.3 is 10.1 Å². The van der Waals surface area contributed by atoms with Gasteiger partial charge in [0.25, 0.3) is 0 Å². The van der Waals surface area contributed by atoms with Gasteiger partial charge in [-0.1, -0.05) is 25.1 Å². The first kappa shape index (κ1) is 14.4. The second kappa shape index (κ2) is 6.42. The van der Waals surface area contributed by atoms with Gasteiger partial charge in [0.2, 0.25) is 0 Å². The van der Waals surface area contributed by atoms with Crippen molar-refractivity contribution in [2.24, 2.45) is 5.92 Å². The predicted octanol–water partition coefficient (Wildman–Crippen LogP) is 4.31. The van der Waals surface area contributed by atoms with Gasteiger partial charge in [-0.2, -0.15) is 0 Å². The first-order chi connectivity index (χ1) is 9.11. The van der Waals surface area contributed by atoms with Crippen molar-refractivity contribution in [1.29, 1.82) is 0 Å². The molecule has 0 amide bonds. The molecule has 2 unspecified atom stereocenters. The van der Waals surface area contributed by atoms with Crippen LogP contribution in [-0.2, 0) is 0 Å². The Kier molecular flexibility index (Phi) is 4.87. The predicted molar refractivity (Wildman–Crippen MR) is 80.6 cm³/mol. The summed E-state index contributed by atoms with van der Waals surface area (Å²) < 4.78 is 5.92. The van der Waals surface area contributed by atoms with Gasteiger partial charge in [0.05, 0.1) is 6.10 Å². The van der Waals surface area contributed by atoms with Crippen LogP contribution >= 0.6 is 0 Å². The fourth-order valence-corrected chi connectivity index (χ4v) is 2.70. The van der Waals surface area contributed by atoms with Crippen LogP contribution in [0.25, 0.3) is 0 Å². The molecule has 106 valence electrons. The molecular formula is C17H27NO. The van der Waals surface area contributed by atoms with E-state index in [9.17, 15) is 0 Å². The molecule has 2 nitrogen and oxygen atoms in total. The van der Waals surface area contributed by atoms with Crippen LogP contribution in [0.3, 0.4) is 0 Å². The number of nitrogens with one attached hydrogen (secondary N) is 1. The van der Waals surface area contributed by atoms with E-state index in [0.29, 0.717) is 12.1 Å². The molecule has 0 spiro atoms. The zero-order valence-corrected chi connectivity index (χ0v) is 12.6. The lowest BCUT2D eigenvalue weighted by molar-refractivity contribution is 0.237. The molecule has 2 atom stereocenters. The van der Waals surface area contributed by atoms with E-state index in [1.807, 2.05) is 6.07 Å². The Morgan fingerprint density at radius 3 is 2.47 bits per heavy atom. The molecule has 1 aliphatic carbocycles. The van der Waals surface area contributed by atoms with Crippen molar-refractivity contribution in [1.82, 2.24) is 5.32 Å². The zero-order chi connectivity index (χ0) is 13.8. The van der Waals surface area contributed by atoms with Crippen molar-refractivity contribution < 1.29 is 4.74 Å². The normalized spacial score (nSPS) is 18.4. The fraction of sp³-hybridized carbons (Fsp3) is 0.647. The highest BCUT2D eigenvalue weighted by molar-refractivity contribution is 5.35. The quantitative estimate of drug-likeness (QED) is 0.789. The van der Waals surface area contributed by atoms with Crippen LogP contribution in [-0.4, -0.2) is 12.1 Å². The molecule has 1 aromatic carbocycles. The summed E-state index contributed by atoms with van der Waals surface area (Å²) in [5.74, 6) is 1.91. The van der Waals surface area contributed by atoms with E-state index < -0.39 is 0 Å². The Labute approximate surface area is 117 Å². The summed E-state index contributed by atoms with van der Waals surface area (Å²) in [7, 11) is 0. The molecular weight excluding hydrogens is 234 g/mol. The van der Waals surface area contributed by atoms with E-state index in [4.69, 9.17) is 4.74 Å². The van der Waals surface area contributed by atoms with Crippen LogP contribution < -0.4 is 10.1 Å². The first-order valence-corrected chi connectivity index (χ1v) is 7.63. The first-order valence-electron chi connectivity index (χ1n) is 7.63. The van der Waals surface area contributed by atoms with E-state index in [1.165, 1.54) is 24.8 Å². The van der Waals surface area contributed by atoms with Crippen molar-refractivity contribution in [2.45, 2.75) is 65.1 Å². The molecule has 1 aromatic rings. The summed E-state index contributed by atoms with van der Waals surface area (Å²) >= 11 is 0. The smallest absolute Gasteiger partial charge is 0.124 e. The lowest BCUT2D eigenvalue weighted by Gasteiger charge is -2.24. The van der Waals surface area contributed by atoms with Gasteiger partial charge >= 0.3 is 0 Å². The van der Waals surface area contributed by atoms with Crippen LogP contribution in [0.1, 0.15) is 58.6 Å². The average molecular weight is 261 g/mol. The molecule has 1 fully saturated rings. The van der Waals surface area contributed by atoms with Gasteiger partial charge in [-0.05, 0) is 52.0 Å². The van der Waals surface area contributed by atoms with Gasteiger partial charge in [0.15, 0.2) is 0 Å². The summed E-state index contributed by atoms with van der Waals surface area (Å²) in [6.45, 7) is 8.68. The van der Waals surface area contributed by atoms with E-state index in [-0.39, 0.29) is 6.10 Å². The second-order valence-electron chi connectivity index (χ2n) is 5.94. The van der Waals surface area contributed by atoms with Crippen LogP contribution in [0.4, 0.5) is 0 Å². The van der Waals surface area contributed by atoms with Crippen LogP contribution in [0.2, 0.25) is 0 Å². The third-order valence-electron chi connectivity index (χ3n) is 3.84. The van der Waals surface area contributed by atoms with Gasteiger partial charge in [0.1, 0.15) is 5.75 Å². The summed E-state index contributed by atoms with van der Waals surface area (Å²) in [5, 5.41) is 3.78. The Morgan fingerprint density at radius 2 is 1.89 bits per heavy atom. The lowest BCUT2D eigenvalue weighted by Crippen LogP contribution is -2.33. The summed E-state index contributed by atoms with van der Waals surface area (Å²) in [5.41, 5.74) is 1.27. The summed E-state index contributed by atoms with van der Waals surface area (Å²) in [4.78, 5) is 0. The number of ether oxygens (including phenoxy) is 1. The maximum absolute atomic E-state index is 5.92. The van der Waals surface area contributed by atoms with Gasteiger partial charge in [-0.25, -0.2) is 0 Å². The number of rotatable bonds is 7. The van der Waals surface area contributed by atoms with Crippen molar-refractivity contribution in [2.75, 3.05) is 0 Å². The number of hydrogen-bond donors (Lipinski definition) is 1. The maximum Gasteiger partial charge on any atom is 0.124 e. The van der Waals surface area contributed by atoms with E-state index in [0.717, 1.165) is 11.7 Å². The maximum atomic E-state index is 5.92. The average Bonchev–Trinajstić information content (AvgIpc) is 3.20. The molecule has 0 saturated heterocycles. The van der Waals surface area contributed by atoms with E-state index in [1.54, 1.807) is 0 Å². The monoisotopic (exact) mass is 261 g/mol. The van der Waals surface area contributed by atoms with E-state index >= 15 is 0 Å². The standard InChI is InChI=1S/C17H27NO/c1-5-16(14-10-11-14)18-13(4)15-8-6-7-9-17(15)19-12(2)3/h6-9,12-14,16,18H,5,10-11H2,1-4H3. The molecule has 0 bridgehead atoms. The minimum absolute atomic E-state index is 0.221. The molecule has 0 heterocycles. The highest BCUT2D eigenvalue weighted by atomic mass is 16.5. The topological polar surface area (TPSA) is 21.3 Å². The summed E-state index contributed by atoms with van der Waals surface area (Å²) in [6.07, 6.45) is 4.21. The zero-order valence-electron chi connectivity index (χ0n) is 12.6. The largest absolute Gasteiger partial charge is 0.491 e. The SMILES string of the molecule is CCC(NC(C)c1ccccc1OC(C)C)C1CC1. The van der Waals surface area contributed by atoms with Gasteiger partial charge in [0, 0.05) is 17.6 Å². The Balaban J connectivity index is 2.06. The van der Waals surface area contributed by atoms with Crippen molar-refractivity contribution in [3.8, 4) is 5.75 Å². The minimum Gasteiger partial charge on any atom is -0.491 e. The van der Waals surface area contributed by atoms with Crippen molar-refractivity contribution in [3.05, 3.63) is 29.8 Å². The van der Waals surface area contributed by atoms with Gasteiger partial charge in [-0.3, -0.25) is 0 Å². The highest BCUT2D eigenvalue weighted by Gasteiger charge is 2.31. The Morgan fingerprint density at radius 1 is 1.21 bits per heavy atom. The third kappa shape index (κ3) is 3.97. The molecule has 1 aliphatic rings. The molecule has 1 N–H and O–H groups in total. The fourth-order valence-electron chi connectivity index (χ4n) is 2.70. The Bertz CT molecular complexity index is 398. The van der Waals surface area contributed by atoms with Crippen molar-refractivity contribution >= 4 is 0 Å². The number of benzene rings is 1. The number of hydrogen-bond acceptors (Lipinski definition) is 2. The van der Waals surface area contributed by atoms with Gasteiger partial charge in [-0.15, -0.1) is 0 Å². The Hall–Kier alpha value is -1.02. The molecule has 2 rings (SSSR count). The third-order valence-corrected chi connectivity index (χ3v) is 3.84. The second-order valence-corrected chi connectivity index (χ2v) is 5.94. The van der Waals surface area contributed by atoms with Crippen LogP contribution in [0.5, 0.6) is 5.75 Å². The molecule has 0 aliphatic heterocycles. The molecule has 2 heteroatoms. The molecule has 19 heavy (non-hydrogen) atoms. The summed E-state index contributed by atoms with van der Waals surface area (Å²) in [6, 6.07) is 9.40. The number of para-hydroxylation sites is 1.